The number of esters is 1. The lowest BCUT2D eigenvalue weighted by molar-refractivity contribution is -0.148. The quantitative estimate of drug-likeness (QED) is 0.591. The number of hydrogen-bond acceptors (Lipinski definition) is 5. The maximum Gasteiger partial charge on any atom is 0.412 e. The third-order valence-corrected chi connectivity index (χ3v) is 1.58. The van der Waals surface area contributed by atoms with Gasteiger partial charge in [0, 0.05) is 0 Å². The Morgan fingerprint density at radius 3 is 3.00 bits per heavy atom. The smallest absolute Gasteiger partial charge is 0.412 e. The predicted octanol–water partition coefficient (Wildman–Crippen LogP) is -0.713. The molecule has 1 saturated heterocycles. The summed E-state index contributed by atoms with van der Waals surface area (Å²) in [6.45, 7) is 2.23. The van der Waals surface area contributed by atoms with E-state index in [1.807, 2.05) is 0 Å². The van der Waals surface area contributed by atoms with Crippen LogP contribution >= 0.6 is 0 Å². The first kappa shape index (κ1) is 9.79. The molecule has 0 spiro atoms. The van der Waals surface area contributed by atoms with Crippen LogP contribution in [0.2, 0.25) is 0 Å². The van der Waals surface area contributed by atoms with Gasteiger partial charge in [0.15, 0.2) is 6.73 Å². The van der Waals surface area contributed by atoms with E-state index in [1.165, 1.54) is 11.8 Å². The molecule has 0 unspecified atom stereocenters. The maximum atomic E-state index is 10.9. The fraction of sp³-hybridized carbons (Fsp3) is 0.714. The van der Waals surface area contributed by atoms with Crippen molar-refractivity contribution in [2.75, 3.05) is 19.9 Å². The summed E-state index contributed by atoms with van der Waals surface area (Å²) in [6, 6.07) is -0.668. The Balaban J connectivity index is 2.26. The third kappa shape index (κ3) is 2.59. The van der Waals surface area contributed by atoms with E-state index in [9.17, 15) is 9.59 Å². The highest BCUT2D eigenvalue weighted by molar-refractivity contribution is 5.75. The zero-order valence-electron chi connectivity index (χ0n) is 7.36. The topological polar surface area (TPSA) is 81.9 Å². The van der Waals surface area contributed by atoms with Gasteiger partial charge in [-0.1, -0.05) is 0 Å². The minimum Gasteiger partial charge on any atom is -0.447 e. The predicted molar refractivity (Wildman–Crippen MR) is 42.7 cm³/mol. The Morgan fingerprint density at radius 1 is 1.85 bits per heavy atom. The molecule has 1 aliphatic rings. The number of ether oxygens (including phenoxy) is 2. The molecule has 1 amide bonds. The van der Waals surface area contributed by atoms with E-state index >= 15 is 0 Å². The zero-order chi connectivity index (χ0) is 9.84. The van der Waals surface area contributed by atoms with Crippen molar-refractivity contribution in [3.8, 4) is 0 Å². The number of hydrogen-bond donors (Lipinski definition) is 1. The van der Waals surface area contributed by atoms with Gasteiger partial charge in [-0.3, -0.25) is 9.69 Å². The van der Waals surface area contributed by atoms with Crippen LogP contribution in [-0.4, -0.2) is 42.9 Å². The molecule has 0 aromatic carbocycles. The first-order chi connectivity index (χ1) is 6.11. The summed E-state index contributed by atoms with van der Waals surface area (Å²) in [5.41, 5.74) is 5.25. The highest BCUT2D eigenvalue weighted by Gasteiger charge is 2.23. The monoisotopic (exact) mass is 188 g/mol. The molecule has 6 heteroatoms. The maximum absolute atomic E-state index is 10.9. The van der Waals surface area contributed by atoms with Crippen molar-refractivity contribution in [1.29, 1.82) is 0 Å². The number of nitrogens with zero attached hydrogens (tertiary/aromatic N) is 1. The van der Waals surface area contributed by atoms with Crippen molar-refractivity contribution < 1.29 is 19.1 Å². The van der Waals surface area contributed by atoms with E-state index < -0.39 is 18.1 Å². The van der Waals surface area contributed by atoms with E-state index in [2.05, 4.69) is 4.74 Å². The summed E-state index contributed by atoms with van der Waals surface area (Å²) in [4.78, 5) is 23.0. The number of amides is 1. The number of carbonyl (C=O) groups excluding carboxylic acids is 2. The molecule has 1 rings (SSSR count). The van der Waals surface area contributed by atoms with Crippen LogP contribution in [0, 0.1) is 0 Å². The summed E-state index contributed by atoms with van der Waals surface area (Å²) >= 11 is 0. The molecule has 74 valence electrons. The molecule has 0 aromatic heterocycles. The van der Waals surface area contributed by atoms with Crippen LogP contribution in [0.4, 0.5) is 4.79 Å². The molecule has 0 bridgehead atoms. The van der Waals surface area contributed by atoms with Gasteiger partial charge < -0.3 is 15.2 Å². The van der Waals surface area contributed by atoms with Crippen LogP contribution in [-0.2, 0) is 14.3 Å². The van der Waals surface area contributed by atoms with Crippen LogP contribution in [0.1, 0.15) is 6.92 Å². The standard InChI is InChI=1S/C7H12N2O4/c1-5(8)6(10)13-4-9-2-3-12-7(9)11/h5H,2-4,8H2,1H3/t5-/m0/s1. The fourth-order valence-corrected chi connectivity index (χ4v) is 0.816. The van der Waals surface area contributed by atoms with Crippen molar-refractivity contribution in [2.24, 2.45) is 5.73 Å². The molecule has 0 radical (unpaired) electrons. The van der Waals surface area contributed by atoms with E-state index in [0.29, 0.717) is 13.2 Å². The van der Waals surface area contributed by atoms with Crippen molar-refractivity contribution >= 4 is 12.1 Å². The molecule has 0 saturated carbocycles. The second-order valence-electron chi connectivity index (χ2n) is 2.76. The average molecular weight is 188 g/mol. The lowest BCUT2D eigenvalue weighted by Gasteiger charge is -2.13. The molecule has 1 fully saturated rings. The number of carbonyl (C=O) groups is 2. The summed E-state index contributed by atoms with van der Waals surface area (Å²) in [5.74, 6) is -0.528. The summed E-state index contributed by atoms with van der Waals surface area (Å²) in [6.07, 6.45) is -0.461. The summed E-state index contributed by atoms with van der Waals surface area (Å²) in [7, 11) is 0. The molecule has 13 heavy (non-hydrogen) atoms. The highest BCUT2D eigenvalue weighted by atomic mass is 16.6. The average Bonchev–Trinajstić information content (AvgIpc) is 2.47. The fourth-order valence-electron chi connectivity index (χ4n) is 0.816. The van der Waals surface area contributed by atoms with Crippen LogP contribution in [0.15, 0.2) is 0 Å². The lowest BCUT2D eigenvalue weighted by Crippen LogP contribution is -2.34. The molecule has 1 atom stereocenters. The SMILES string of the molecule is C[C@H](N)C(=O)OCN1CCOC1=O. The summed E-state index contributed by atoms with van der Waals surface area (Å²) < 4.78 is 9.34. The van der Waals surface area contributed by atoms with Crippen molar-refractivity contribution in [3.05, 3.63) is 0 Å². The lowest BCUT2D eigenvalue weighted by atomic mass is 10.4. The molecule has 6 nitrogen and oxygen atoms in total. The van der Waals surface area contributed by atoms with Gasteiger partial charge in [-0.2, -0.15) is 0 Å². The Morgan fingerprint density at radius 2 is 2.54 bits per heavy atom. The second kappa shape index (κ2) is 4.08. The molecular formula is C7H12N2O4. The number of cyclic esters (lactones) is 1. The van der Waals surface area contributed by atoms with E-state index in [0.717, 1.165) is 0 Å². The molecule has 0 aliphatic carbocycles. The Labute approximate surface area is 75.6 Å². The van der Waals surface area contributed by atoms with Gasteiger partial charge in [-0.05, 0) is 6.92 Å². The van der Waals surface area contributed by atoms with Crippen molar-refractivity contribution in [3.63, 3.8) is 0 Å². The number of rotatable bonds is 3. The normalized spacial score (nSPS) is 18.3. The molecule has 1 heterocycles. The highest BCUT2D eigenvalue weighted by Crippen LogP contribution is 2.02. The Hall–Kier alpha value is -1.30. The molecular weight excluding hydrogens is 176 g/mol. The van der Waals surface area contributed by atoms with Crippen LogP contribution in [0.5, 0.6) is 0 Å². The van der Waals surface area contributed by atoms with E-state index in [1.54, 1.807) is 0 Å². The van der Waals surface area contributed by atoms with Crippen LogP contribution < -0.4 is 5.73 Å². The van der Waals surface area contributed by atoms with Gasteiger partial charge in [0.2, 0.25) is 0 Å². The molecule has 2 N–H and O–H groups in total. The van der Waals surface area contributed by atoms with Gasteiger partial charge in [-0.15, -0.1) is 0 Å². The van der Waals surface area contributed by atoms with Gasteiger partial charge >= 0.3 is 12.1 Å². The largest absolute Gasteiger partial charge is 0.447 e. The van der Waals surface area contributed by atoms with Crippen LogP contribution in [0.25, 0.3) is 0 Å². The van der Waals surface area contributed by atoms with Crippen LogP contribution in [0.3, 0.4) is 0 Å². The second-order valence-corrected chi connectivity index (χ2v) is 2.76. The first-order valence-corrected chi connectivity index (χ1v) is 3.95. The molecule has 1 aliphatic heterocycles. The summed E-state index contributed by atoms with van der Waals surface area (Å²) in [5, 5.41) is 0. The Bertz CT molecular complexity index is 217. The Kier molecular flexibility index (Phi) is 3.07. The minimum absolute atomic E-state index is 0.0841. The van der Waals surface area contributed by atoms with Crippen molar-refractivity contribution in [2.45, 2.75) is 13.0 Å². The number of nitrogens with two attached hydrogens (primary N) is 1. The van der Waals surface area contributed by atoms with Gasteiger partial charge in [0.25, 0.3) is 0 Å². The minimum atomic E-state index is -0.668. The van der Waals surface area contributed by atoms with E-state index in [4.69, 9.17) is 10.5 Å². The van der Waals surface area contributed by atoms with Crippen molar-refractivity contribution in [1.82, 2.24) is 4.90 Å². The first-order valence-electron chi connectivity index (χ1n) is 3.95. The zero-order valence-corrected chi connectivity index (χ0v) is 7.36. The van der Waals surface area contributed by atoms with Gasteiger partial charge in [-0.25, -0.2) is 4.79 Å². The third-order valence-electron chi connectivity index (χ3n) is 1.58. The molecule has 0 aromatic rings. The van der Waals surface area contributed by atoms with Gasteiger partial charge in [0.05, 0.1) is 6.54 Å². The van der Waals surface area contributed by atoms with E-state index in [-0.39, 0.29) is 6.73 Å². The van der Waals surface area contributed by atoms with Gasteiger partial charge in [0.1, 0.15) is 12.6 Å².